The van der Waals surface area contributed by atoms with Crippen LogP contribution in [0.2, 0.25) is 0 Å². The minimum atomic E-state index is -0.265. The minimum Gasteiger partial charge on any atom is -0.326 e. The van der Waals surface area contributed by atoms with Crippen LogP contribution in [0.4, 0.5) is 10.8 Å². The van der Waals surface area contributed by atoms with Crippen molar-refractivity contribution >= 4 is 49.9 Å². The lowest BCUT2D eigenvalue weighted by Crippen LogP contribution is -2.13. The van der Waals surface area contributed by atoms with Gasteiger partial charge >= 0.3 is 0 Å². The van der Waals surface area contributed by atoms with Gasteiger partial charge in [-0.2, -0.15) is 0 Å². The van der Waals surface area contributed by atoms with E-state index in [1.165, 1.54) is 11.3 Å². The van der Waals surface area contributed by atoms with E-state index in [0.29, 0.717) is 22.8 Å². The highest BCUT2D eigenvalue weighted by Crippen LogP contribution is 2.31. The van der Waals surface area contributed by atoms with E-state index in [1.807, 2.05) is 31.2 Å². The number of benzene rings is 2. The molecule has 0 saturated heterocycles. The highest BCUT2D eigenvalue weighted by atomic mass is 79.9. The summed E-state index contributed by atoms with van der Waals surface area (Å²) in [4.78, 5) is 29.7. The molecule has 0 aliphatic carbocycles. The average molecular weight is 444 g/mol. The second-order valence-electron chi connectivity index (χ2n) is 5.87. The SMILES string of the molecule is CCC(=O)Nc1cccc(C(=O)Nc2nc(-c3ccc(Br)cc3)c(C)s2)c1. The Morgan fingerprint density at radius 1 is 1.11 bits per heavy atom. The Labute approximate surface area is 170 Å². The van der Waals surface area contributed by atoms with Crippen LogP contribution in [0.5, 0.6) is 0 Å². The molecule has 1 heterocycles. The standard InChI is InChI=1S/C20H18BrN3O2S/c1-3-17(25)22-16-6-4-5-14(11-16)19(26)24-20-23-18(12(2)27-20)13-7-9-15(21)10-8-13/h4-11H,3H2,1-2H3,(H,22,25)(H,23,24,26). The van der Waals surface area contributed by atoms with Crippen molar-refractivity contribution in [2.24, 2.45) is 0 Å². The van der Waals surface area contributed by atoms with Gasteiger partial charge in [-0.15, -0.1) is 11.3 Å². The molecule has 0 bridgehead atoms. The Balaban J connectivity index is 1.77. The maximum absolute atomic E-state index is 12.6. The first-order chi connectivity index (χ1) is 13.0. The molecular weight excluding hydrogens is 426 g/mol. The van der Waals surface area contributed by atoms with Crippen molar-refractivity contribution < 1.29 is 9.59 Å². The zero-order chi connectivity index (χ0) is 19.4. The van der Waals surface area contributed by atoms with Crippen LogP contribution in [-0.4, -0.2) is 16.8 Å². The van der Waals surface area contributed by atoms with Crippen LogP contribution in [0.25, 0.3) is 11.3 Å². The molecule has 0 aliphatic heterocycles. The van der Waals surface area contributed by atoms with Crippen molar-refractivity contribution in [1.82, 2.24) is 4.98 Å². The Kier molecular flexibility index (Phi) is 6.03. The first-order valence-corrected chi connectivity index (χ1v) is 10.0. The number of rotatable bonds is 5. The highest BCUT2D eigenvalue weighted by Gasteiger charge is 2.14. The first-order valence-electron chi connectivity index (χ1n) is 8.41. The lowest BCUT2D eigenvalue weighted by molar-refractivity contribution is -0.115. The van der Waals surface area contributed by atoms with Gasteiger partial charge in [-0.1, -0.05) is 41.1 Å². The Morgan fingerprint density at radius 3 is 2.56 bits per heavy atom. The van der Waals surface area contributed by atoms with Crippen LogP contribution in [0.15, 0.2) is 53.0 Å². The number of hydrogen-bond acceptors (Lipinski definition) is 4. The van der Waals surface area contributed by atoms with Crippen molar-refractivity contribution in [3.8, 4) is 11.3 Å². The highest BCUT2D eigenvalue weighted by molar-refractivity contribution is 9.10. The van der Waals surface area contributed by atoms with Crippen LogP contribution in [0, 0.1) is 6.92 Å². The molecule has 0 saturated carbocycles. The van der Waals surface area contributed by atoms with E-state index < -0.39 is 0 Å². The van der Waals surface area contributed by atoms with Crippen molar-refractivity contribution in [2.45, 2.75) is 20.3 Å². The molecule has 2 aromatic carbocycles. The van der Waals surface area contributed by atoms with Gasteiger partial charge in [0.05, 0.1) is 5.69 Å². The average Bonchev–Trinajstić information content (AvgIpc) is 3.02. The summed E-state index contributed by atoms with van der Waals surface area (Å²) in [5.74, 6) is -0.360. The van der Waals surface area contributed by atoms with Gasteiger partial charge in [0, 0.05) is 32.6 Å². The maximum Gasteiger partial charge on any atom is 0.257 e. The van der Waals surface area contributed by atoms with E-state index in [2.05, 4.69) is 31.5 Å². The summed E-state index contributed by atoms with van der Waals surface area (Å²) in [6.45, 7) is 3.76. The van der Waals surface area contributed by atoms with E-state index in [1.54, 1.807) is 31.2 Å². The molecule has 27 heavy (non-hydrogen) atoms. The van der Waals surface area contributed by atoms with Gasteiger partial charge in [-0.3, -0.25) is 14.9 Å². The number of nitrogens with one attached hydrogen (secondary N) is 2. The molecule has 0 radical (unpaired) electrons. The van der Waals surface area contributed by atoms with Gasteiger partial charge in [-0.05, 0) is 37.3 Å². The molecule has 0 spiro atoms. The molecule has 0 atom stereocenters. The lowest BCUT2D eigenvalue weighted by atomic mass is 10.1. The molecule has 5 nitrogen and oxygen atoms in total. The summed E-state index contributed by atoms with van der Waals surface area (Å²) in [7, 11) is 0. The zero-order valence-corrected chi connectivity index (χ0v) is 17.3. The Bertz CT molecular complexity index is 983. The molecule has 0 unspecified atom stereocenters. The molecule has 3 rings (SSSR count). The quantitative estimate of drug-likeness (QED) is 0.547. The maximum atomic E-state index is 12.6. The number of halogens is 1. The number of anilines is 2. The number of aryl methyl sites for hydroxylation is 1. The van der Waals surface area contributed by atoms with Gasteiger partial charge in [0.2, 0.25) is 5.91 Å². The van der Waals surface area contributed by atoms with Gasteiger partial charge < -0.3 is 5.32 Å². The third-order valence-corrected chi connectivity index (χ3v) is 5.28. The second kappa shape index (κ2) is 8.45. The third-order valence-electron chi connectivity index (χ3n) is 3.86. The van der Waals surface area contributed by atoms with Gasteiger partial charge in [0.15, 0.2) is 5.13 Å². The van der Waals surface area contributed by atoms with Crippen molar-refractivity contribution in [3.63, 3.8) is 0 Å². The monoisotopic (exact) mass is 443 g/mol. The fraction of sp³-hybridized carbons (Fsp3) is 0.150. The second-order valence-corrected chi connectivity index (χ2v) is 7.99. The van der Waals surface area contributed by atoms with Crippen molar-refractivity contribution in [1.29, 1.82) is 0 Å². The largest absolute Gasteiger partial charge is 0.326 e. The van der Waals surface area contributed by atoms with E-state index in [0.717, 1.165) is 20.6 Å². The van der Waals surface area contributed by atoms with Crippen LogP contribution in [0.1, 0.15) is 28.6 Å². The summed E-state index contributed by atoms with van der Waals surface area (Å²) in [6, 6.07) is 14.7. The molecule has 138 valence electrons. The zero-order valence-electron chi connectivity index (χ0n) is 14.9. The molecule has 2 N–H and O–H groups in total. The molecular formula is C20H18BrN3O2S. The van der Waals surface area contributed by atoms with Gasteiger partial charge in [0.1, 0.15) is 0 Å². The summed E-state index contributed by atoms with van der Waals surface area (Å²) in [5, 5.41) is 6.14. The summed E-state index contributed by atoms with van der Waals surface area (Å²) in [5.41, 5.74) is 2.91. The van der Waals surface area contributed by atoms with Crippen LogP contribution in [-0.2, 0) is 4.79 Å². The lowest BCUT2D eigenvalue weighted by Gasteiger charge is -2.06. The van der Waals surface area contributed by atoms with E-state index >= 15 is 0 Å². The first kappa shape index (κ1) is 19.3. The van der Waals surface area contributed by atoms with E-state index in [-0.39, 0.29) is 11.8 Å². The fourth-order valence-electron chi connectivity index (χ4n) is 2.48. The van der Waals surface area contributed by atoms with E-state index in [9.17, 15) is 9.59 Å². The smallest absolute Gasteiger partial charge is 0.257 e. The van der Waals surface area contributed by atoms with Gasteiger partial charge in [-0.25, -0.2) is 4.98 Å². The Morgan fingerprint density at radius 2 is 1.85 bits per heavy atom. The predicted molar refractivity (Wildman–Crippen MR) is 113 cm³/mol. The van der Waals surface area contributed by atoms with E-state index in [4.69, 9.17) is 0 Å². The molecule has 0 aliphatic rings. The van der Waals surface area contributed by atoms with Gasteiger partial charge in [0.25, 0.3) is 5.91 Å². The number of carbonyl (C=O) groups is 2. The molecule has 2 amide bonds. The number of amides is 2. The Hall–Kier alpha value is -2.51. The third kappa shape index (κ3) is 4.81. The van der Waals surface area contributed by atoms with Crippen LogP contribution in [0.3, 0.4) is 0 Å². The molecule has 7 heteroatoms. The predicted octanol–water partition coefficient (Wildman–Crippen LogP) is 5.48. The summed E-state index contributed by atoms with van der Waals surface area (Å²) >= 11 is 4.85. The van der Waals surface area contributed by atoms with Crippen LogP contribution >= 0.6 is 27.3 Å². The topological polar surface area (TPSA) is 71.1 Å². The van der Waals surface area contributed by atoms with Crippen LogP contribution < -0.4 is 10.6 Å². The fourth-order valence-corrected chi connectivity index (χ4v) is 3.58. The minimum absolute atomic E-state index is 0.0951. The number of thiazole rings is 1. The summed E-state index contributed by atoms with van der Waals surface area (Å²) < 4.78 is 1.00. The van der Waals surface area contributed by atoms with Crippen molar-refractivity contribution in [2.75, 3.05) is 10.6 Å². The molecule has 1 aromatic heterocycles. The normalized spacial score (nSPS) is 10.5. The van der Waals surface area contributed by atoms with Crippen molar-refractivity contribution in [3.05, 3.63) is 63.4 Å². The number of hydrogen-bond donors (Lipinski definition) is 2. The number of aromatic nitrogens is 1. The summed E-state index contributed by atoms with van der Waals surface area (Å²) in [6.07, 6.45) is 0.383. The number of carbonyl (C=O) groups excluding carboxylic acids is 2. The number of nitrogens with zero attached hydrogens (tertiary/aromatic N) is 1. The molecule has 0 fully saturated rings. The molecule has 3 aromatic rings.